The van der Waals surface area contributed by atoms with Gasteiger partial charge in [0.15, 0.2) is 5.69 Å². The SMILES string of the molecule is CC1CCN(CC(C)NCc2cc(C(=O)O)nn2C)CC1. The zero-order chi connectivity index (χ0) is 15.4. The van der Waals surface area contributed by atoms with E-state index in [9.17, 15) is 4.79 Å². The summed E-state index contributed by atoms with van der Waals surface area (Å²) in [6, 6.07) is 2.01. The second kappa shape index (κ2) is 7.04. The molecule has 0 amide bonds. The number of aryl methyl sites for hydroxylation is 1. The molecule has 2 heterocycles. The van der Waals surface area contributed by atoms with Crippen LogP contribution in [0.1, 0.15) is 42.9 Å². The smallest absolute Gasteiger partial charge is 0.356 e. The third kappa shape index (κ3) is 4.54. The van der Waals surface area contributed by atoms with E-state index < -0.39 is 5.97 Å². The van der Waals surface area contributed by atoms with E-state index in [2.05, 4.69) is 29.2 Å². The highest BCUT2D eigenvalue weighted by molar-refractivity contribution is 5.85. The van der Waals surface area contributed by atoms with E-state index in [-0.39, 0.29) is 5.69 Å². The highest BCUT2D eigenvalue weighted by atomic mass is 16.4. The molecule has 1 aromatic rings. The average Bonchev–Trinajstić information content (AvgIpc) is 2.81. The number of nitrogens with zero attached hydrogens (tertiary/aromatic N) is 3. The number of aromatic nitrogens is 2. The molecular formula is C15H26N4O2. The quantitative estimate of drug-likeness (QED) is 0.828. The first-order chi connectivity index (χ1) is 9.95. The van der Waals surface area contributed by atoms with Gasteiger partial charge < -0.3 is 15.3 Å². The lowest BCUT2D eigenvalue weighted by Crippen LogP contribution is -2.42. The van der Waals surface area contributed by atoms with Crippen LogP contribution in [0.3, 0.4) is 0 Å². The van der Waals surface area contributed by atoms with Crippen molar-refractivity contribution in [2.24, 2.45) is 13.0 Å². The zero-order valence-electron chi connectivity index (χ0n) is 13.2. The van der Waals surface area contributed by atoms with Crippen molar-refractivity contribution >= 4 is 5.97 Å². The van der Waals surface area contributed by atoms with Crippen molar-refractivity contribution in [2.45, 2.75) is 39.3 Å². The molecule has 1 aliphatic rings. The van der Waals surface area contributed by atoms with Crippen molar-refractivity contribution in [3.05, 3.63) is 17.5 Å². The Morgan fingerprint density at radius 3 is 2.76 bits per heavy atom. The maximum absolute atomic E-state index is 10.9. The minimum atomic E-state index is -0.979. The summed E-state index contributed by atoms with van der Waals surface area (Å²) < 4.78 is 1.63. The Morgan fingerprint density at radius 2 is 2.19 bits per heavy atom. The number of aromatic carboxylic acids is 1. The molecule has 1 fully saturated rings. The normalized spacial score (nSPS) is 18.8. The minimum absolute atomic E-state index is 0.104. The lowest BCUT2D eigenvalue weighted by atomic mass is 9.99. The standard InChI is InChI=1S/C15H26N4O2/c1-11-4-6-19(7-5-11)10-12(2)16-9-13-8-14(15(20)21)17-18(13)3/h8,11-12,16H,4-7,9-10H2,1-3H3,(H,20,21). The van der Waals surface area contributed by atoms with Crippen LogP contribution in [0.5, 0.6) is 0 Å². The molecule has 0 spiro atoms. The van der Waals surface area contributed by atoms with Crippen molar-refractivity contribution < 1.29 is 9.90 Å². The molecule has 1 atom stereocenters. The van der Waals surface area contributed by atoms with E-state index in [1.807, 2.05) is 0 Å². The summed E-state index contributed by atoms with van der Waals surface area (Å²) in [7, 11) is 1.78. The molecule has 118 valence electrons. The van der Waals surface area contributed by atoms with Crippen LogP contribution in [0.15, 0.2) is 6.07 Å². The number of hydrogen-bond acceptors (Lipinski definition) is 4. The van der Waals surface area contributed by atoms with Crippen molar-refractivity contribution in [1.29, 1.82) is 0 Å². The highest BCUT2D eigenvalue weighted by Crippen LogP contribution is 2.16. The van der Waals surface area contributed by atoms with Crippen molar-refractivity contribution in [3.63, 3.8) is 0 Å². The number of rotatable bonds is 6. The van der Waals surface area contributed by atoms with Gasteiger partial charge in [-0.25, -0.2) is 4.79 Å². The second-order valence-electron chi connectivity index (χ2n) is 6.21. The van der Waals surface area contributed by atoms with Crippen LogP contribution in [0, 0.1) is 5.92 Å². The summed E-state index contributed by atoms with van der Waals surface area (Å²) in [6.45, 7) is 8.54. The molecule has 21 heavy (non-hydrogen) atoms. The van der Waals surface area contributed by atoms with Gasteiger partial charge in [0.25, 0.3) is 0 Å². The van der Waals surface area contributed by atoms with E-state index in [0.717, 1.165) is 18.2 Å². The summed E-state index contributed by atoms with van der Waals surface area (Å²) in [5.41, 5.74) is 0.999. The Labute approximate surface area is 126 Å². The van der Waals surface area contributed by atoms with Crippen LogP contribution < -0.4 is 5.32 Å². The summed E-state index contributed by atoms with van der Waals surface area (Å²) in [4.78, 5) is 13.4. The predicted octanol–water partition coefficient (Wildman–Crippen LogP) is 1.33. The van der Waals surface area contributed by atoms with E-state index in [1.54, 1.807) is 17.8 Å². The Bertz CT molecular complexity index is 478. The van der Waals surface area contributed by atoms with Gasteiger partial charge in [-0.1, -0.05) is 6.92 Å². The van der Waals surface area contributed by atoms with Crippen molar-refractivity contribution in [3.8, 4) is 0 Å². The van der Waals surface area contributed by atoms with Crippen LogP contribution in [0.4, 0.5) is 0 Å². The fraction of sp³-hybridized carbons (Fsp3) is 0.733. The zero-order valence-corrected chi connectivity index (χ0v) is 13.2. The number of carbonyl (C=O) groups is 1. The number of hydrogen-bond donors (Lipinski definition) is 2. The number of carboxylic acid groups (broad SMARTS) is 1. The van der Waals surface area contributed by atoms with E-state index >= 15 is 0 Å². The third-order valence-corrected chi connectivity index (χ3v) is 4.24. The predicted molar refractivity (Wildman–Crippen MR) is 81.3 cm³/mol. The van der Waals surface area contributed by atoms with E-state index in [0.29, 0.717) is 12.6 Å². The third-order valence-electron chi connectivity index (χ3n) is 4.24. The molecule has 1 aliphatic heterocycles. The van der Waals surface area contributed by atoms with E-state index in [1.165, 1.54) is 25.9 Å². The van der Waals surface area contributed by atoms with Gasteiger partial charge in [0.05, 0.1) is 5.69 Å². The van der Waals surface area contributed by atoms with Gasteiger partial charge in [-0.2, -0.15) is 5.10 Å². The van der Waals surface area contributed by atoms with Gasteiger partial charge in [-0.05, 0) is 44.8 Å². The molecule has 6 nitrogen and oxygen atoms in total. The maximum Gasteiger partial charge on any atom is 0.356 e. The minimum Gasteiger partial charge on any atom is -0.476 e. The van der Waals surface area contributed by atoms with Gasteiger partial charge in [0.2, 0.25) is 0 Å². The molecule has 0 aliphatic carbocycles. The van der Waals surface area contributed by atoms with Gasteiger partial charge >= 0.3 is 5.97 Å². The first-order valence-corrected chi connectivity index (χ1v) is 7.67. The Balaban J connectivity index is 1.78. The lowest BCUT2D eigenvalue weighted by molar-refractivity contribution is 0.0689. The summed E-state index contributed by atoms with van der Waals surface area (Å²) >= 11 is 0. The van der Waals surface area contributed by atoms with Crippen molar-refractivity contribution in [1.82, 2.24) is 20.0 Å². The summed E-state index contributed by atoms with van der Waals surface area (Å²) in [5, 5.41) is 16.4. The second-order valence-corrected chi connectivity index (χ2v) is 6.21. The molecule has 2 N–H and O–H groups in total. The van der Waals surface area contributed by atoms with Gasteiger partial charge in [-0.3, -0.25) is 4.68 Å². The topological polar surface area (TPSA) is 70.4 Å². The molecule has 2 rings (SSSR count). The number of likely N-dealkylation sites (tertiary alicyclic amines) is 1. The number of nitrogens with one attached hydrogen (secondary N) is 1. The van der Waals surface area contributed by atoms with Gasteiger partial charge in [0, 0.05) is 26.2 Å². The molecule has 1 aromatic heterocycles. The van der Waals surface area contributed by atoms with Crippen LogP contribution in [-0.4, -0.2) is 51.4 Å². The summed E-state index contributed by atoms with van der Waals surface area (Å²) in [6.07, 6.45) is 2.58. The van der Waals surface area contributed by atoms with E-state index in [4.69, 9.17) is 5.11 Å². The van der Waals surface area contributed by atoms with Gasteiger partial charge in [0.1, 0.15) is 0 Å². The molecule has 0 bridgehead atoms. The number of carboxylic acids is 1. The average molecular weight is 294 g/mol. The Morgan fingerprint density at radius 1 is 1.52 bits per heavy atom. The molecule has 6 heteroatoms. The van der Waals surface area contributed by atoms with Crippen molar-refractivity contribution in [2.75, 3.05) is 19.6 Å². The molecule has 0 radical (unpaired) electrons. The van der Waals surface area contributed by atoms with Crippen LogP contribution >= 0.6 is 0 Å². The highest BCUT2D eigenvalue weighted by Gasteiger charge is 2.18. The largest absolute Gasteiger partial charge is 0.476 e. The first-order valence-electron chi connectivity index (χ1n) is 7.67. The molecular weight excluding hydrogens is 268 g/mol. The monoisotopic (exact) mass is 294 g/mol. The molecule has 0 aromatic carbocycles. The molecule has 1 unspecified atom stereocenters. The summed E-state index contributed by atoms with van der Waals surface area (Å²) in [5.74, 6) is -0.124. The first kappa shape index (κ1) is 16.0. The Kier molecular flexibility index (Phi) is 5.36. The van der Waals surface area contributed by atoms with Crippen LogP contribution in [0.2, 0.25) is 0 Å². The fourth-order valence-corrected chi connectivity index (χ4v) is 2.75. The Hall–Kier alpha value is -1.40. The molecule has 0 saturated carbocycles. The number of piperidine rings is 1. The van der Waals surface area contributed by atoms with Crippen LogP contribution in [0.25, 0.3) is 0 Å². The lowest BCUT2D eigenvalue weighted by Gasteiger charge is -2.32. The van der Waals surface area contributed by atoms with Gasteiger partial charge in [-0.15, -0.1) is 0 Å². The van der Waals surface area contributed by atoms with Crippen LogP contribution in [-0.2, 0) is 13.6 Å². The fourth-order valence-electron chi connectivity index (χ4n) is 2.75. The molecule has 1 saturated heterocycles. The maximum atomic E-state index is 10.9.